The maximum absolute atomic E-state index is 9.77. The molecular weight excluding hydrogens is 771 g/mol. The van der Waals surface area contributed by atoms with Crippen LogP contribution in [0.3, 0.4) is 0 Å². The lowest BCUT2D eigenvalue weighted by Gasteiger charge is -2.12. The minimum Gasteiger partial charge on any atom is -0.508 e. The van der Waals surface area contributed by atoms with E-state index in [0.717, 1.165) is 43.8 Å². The molecule has 0 saturated heterocycles. The van der Waals surface area contributed by atoms with Crippen LogP contribution < -0.4 is 9.47 Å². The predicted octanol–water partition coefficient (Wildman–Crippen LogP) is 11.9. The summed E-state index contributed by atoms with van der Waals surface area (Å²) in [6.45, 7) is 0. The molecule has 228 valence electrons. The van der Waals surface area contributed by atoms with Gasteiger partial charge in [0.15, 0.2) is 0 Å². The molecule has 0 heterocycles. The summed E-state index contributed by atoms with van der Waals surface area (Å²) in [4.78, 5) is 0. The molecule has 8 aromatic rings. The van der Waals surface area contributed by atoms with E-state index < -0.39 is 0 Å². The number of phenolic OH excluding ortho intramolecular Hbond substituents is 2. The first-order chi connectivity index (χ1) is 22.3. The molecule has 8 aromatic carbocycles. The number of fused-ring (bicyclic) bond motifs is 12. The molecule has 0 saturated carbocycles. The van der Waals surface area contributed by atoms with Gasteiger partial charge < -0.3 is 19.7 Å². The van der Waals surface area contributed by atoms with Gasteiger partial charge in [0.05, 0.1) is 14.2 Å². The molecule has 0 aliphatic rings. The smallest absolute Gasteiger partial charge is 0.369 e. The first-order valence-corrected chi connectivity index (χ1v) is 17.2. The van der Waals surface area contributed by atoms with Crippen molar-refractivity contribution in [2.45, 2.75) is 0 Å². The molecule has 0 unspecified atom stereocenters. The van der Waals surface area contributed by atoms with Crippen molar-refractivity contribution in [3.05, 3.63) is 121 Å². The lowest BCUT2D eigenvalue weighted by molar-refractivity contribution is 0.415. The number of benzene rings is 8. The fourth-order valence-corrected chi connectivity index (χ4v) is 6.10. The molecule has 0 spiro atoms. The summed E-state index contributed by atoms with van der Waals surface area (Å²) in [6.07, 6.45) is 0. The number of rotatable bonds is 2. The van der Waals surface area contributed by atoms with Crippen LogP contribution in [0, 0.1) is 0 Å². The van der Waals surface area contributed by atoms with Crippen LogP contribution in [0.15, 0.2) is 121 Å². The van der Waals surface area contributed by atoms with Crippen molar-refractivity contribution >= 4 is 115 Å². The molecule has 2 N–H and O–H groups in total. The van der Waals surface area contributed by atoms with Gasteiger partial charge in [0.1, 0.15) is 23.0 Å². The lowest BCUT2D eigenvalue weighted by Crippen LogP contribution is -1.87. The van der Waals surface area contributed by atoms with Gasteiger partial charge in [-0.1, -0.05) is 72.8 Å². The fraction of sp³-hybridized carbons (Fsp3) is 0.0526. The van der Waals surface area contributed by atoms with Gasteiger partial charge in [-0.25, -0.2) is 0 Å². The van der Waals surface area contributed by atoms with Gasteiger partial charge in [0.2, 0.25) is 0 Å². The maximum Gasteiger partial charge on any atom is 0.369 e. The quantitative estimate of drug-likeness (QED) is 0.135. The Morgan fingerprint density at radius 2 is 0.652 bits per heavy atom. The summed E-state index contributed by atoms with van der Waals surface area (Å²) in [5.41, 5.74) is 0. The average molecular weight is 799 g/mol. The molecule has 8 rings (SSSR count). The first-order valence-electron chi connectivity index (χ1n) is 14.4. The van der Waals surface area contributed by atoms with Gasteiger partial charge in [-0.2, -0.15) is 0 Å². The zero-order valence-electron chi connectivity index (χ0n) is 25.0. The molecule has 0 aliphatic carbocycles. The van der Waals surface area contributed by atoms with E-state index in [1.54, 1.807) is 38.5 Å². The third-order valence-electron chi connectivity index (χ3n) is 8.05. The number of phenols is 2. The second-order valence-electron chi connectivity index (χ2n) is 10.6. The normalized spacial score (nSPS) is 10.9. The number of hydrogen-bond acceptors (Lipinski definition) is 4. The Morgan fingerprint density at radius 3 is 0.957 bits per heavy atom. The highest BCUT2D eigenvalue weighted by Crippen LogP contribution is 2.39. The minimum atomic E-state index is 0.265. The van der Waals surface area contributed by atoms with Crippen molar-refractivity contribution in [1.82, 2.24) is 0 Å². The van der Waals surface area contributed by atoms with E-state index in [-0.39, 0.29) is 14.7 Å². The largest absolute Gasteiger partial charge is 0.508 e. The van der Waals surface area contributed by atoms with Gasteiger partial charge in [0.25, 0.3) is 0 Å². The van der Waals surface area contributed by atoms with E-state index in [4.69, 9.17) is 9.47 Å². The zero-order chi connectivity index (χ0) is 32.4. The molecule has 46 heavy (non-hydrogen) atoms. The third-order valence-corrected chi connectivity index (χ3v) is 8.05. The van der Waals surface area contributed by atoms with E-state index in [1.165, 1.54) is 32.3 Å². The number of halogens is 3. The monoisotopic (exact) mass is 796 g/mol. The summed E-state index contributed by atoms with van der Waals surface area (Å²) in [6, 6.07) is 39.9. The number of hydrogen-bond donors (Lipinski definition) is 2. The van der Waals surface area contributed by atoms with Crippen LogP contribution in [0.25, 0.3) is 64.6 Å². The number of ether oxygens (including phenoxy) is 2. The number of methoxy groups -OCH3 is 2. The van der Waals surface area contributed by atoms with Crippen LogP contribution in [0.1, 0.15) is 0 Å². The van der Waals surface area contributed by atoms with E-state index in [9.17, 15) is 10.2 Å². The Bertz CT molecular complexity index is 2170. The van der Waals surface area contributed by atoms with Crippen molar-refractivity contribution in [1.29, 1.82) is 0 Å². The van der Waals surface area contributed by atoms with Gasteiger partial charge in [0, 0.05) is 0 Å². The van der Waals surface area contributed by atoms with Crippen LogP contribution in [-0.2, 0) is 0 Å². The van der Waals surface area contributed by atoms with Crippen LogP contribution in [0.5, 0.6) is 23.0 Å². The minimum absolute atomic E-state index is 0.265. The van der Waals surface area contributed by atoms with Gasteiger partial charge >= 0.3 is 3.18 Å². The average Bonchev–Trinajstić information content (AvgIpc) is 3.08. The molecule has 4 nitrogen and oxygen atoms in total. The predicted molar refractivity (Wildman–Crippen MR) is 207 cm³/mol. The standard InChI is InChI=1S/C20H16O2.C18H12O2.BBr3/c1-21-13-7-9-17-18-10-8-14(22-2)12-20(18)16-6-4-3-5-15(16)19(17)11-13;19-11-5-7-15-16-8-6-12(20)10-18(16)14-4-2-1-3-13(14)17(15)9-11;2-1(3)4/h3-12H,1-2H3;1-10,19-20H;. The molecule has 0 amide bonds. The molecule has 0 bridgehead atoms. The summed E-state index contributed by atoms with van der Waals surface area (Å²) < 4.78 is 11.1. The highest BCUT2D eigenvalue weighted by Gasteiger charge is 2.11. The highest BCUT2D eigenvalue weighted by molar-refractivity contribution is 9.69. The van der Waals surface area contributed by atoms with Crippen LogP contribution in [-0.4, -0.2) is 27.6 Å². The second-order valence-corrected chi connectivity index (χ2v) is 17.1. The van der Waals surface area contributed by atoms with Crippen molar-refractivity contribution in [2.75, 3.05) is 14.2 Å². The third kappa shape index (κ3) is 6.34. The summed E-state index contributed by atoms with van der Waals surface area (Å²) in [5, 5.41) is 33.3. The molecule has 0 atom stereocenters. The molecule has 0 radical (unpaired) electrons. The first kappa shape index (κ1) is 32.0. The van der Waals surface area contributed by atoms with Crippen molar-refractivity contribution in [3.8, 4) is 23.0 Å². The second kappa shape index (κ2) is 13.8. The Morgan fingerprint density at radius 1 is 0.391 bits per heavy atom. The molecular formula is C38H28BBr3O4. The summed E-state index contributed by atoms with van der Waals surface area (Å²) in [5.74, 6) is 2.29. The van der Waals surface area contributed by atoms with E-state index in [1.807, 2.05) is 48.5 Å². The van der Waals surface area contributed by atoms with Gasteiger partial charge in [-0.15, -0.1) is 47.3 Å². The summed E-state index contributed by atoms with van der Waals surface area (Å²) in [7, 11) is 3.41. The molecule has 8 heteroatoms. The fourth-order valence-electron chi connectivity index (χ4n) is 6.10. The van der Waals surface area contributed by atoms with Crippen LogP contribution in [0.4, 0.5) is 0 Å². The van der Waals surface area contributed by atoms with Crippen LogP contribution >= 0.6 is 47.3 Å². The van der Waals surface area contributed by atoms with E-state index >= 15 is 0 Å². The summed E-state index contributed by atoms with van der Waals surface area (Å²) >= 11 is 9.31. The highest BCUT2D eigenvalue weighted by atomic mass is 79.9. The topological polar surface area (TPSA) is 58.9 Å². The molecule has 0 aliphatic heterocycles. The van der Waals surface area contributed by atoms with Crippen molar-refractivity contribution in [3.63, 3.8) is 0 Å². The Hall–Kier alpha value is -3.98. The Balaban J connectivity index is 0.000000146. The SMILES string of the molecule is BrB(Br)Br.COc1ccc2c3ccc(OC)cc3c3ccccc3c2c1.Oc1ccc2c3ccc(O)cc3c3ccccc3c2c1. The Kier molecular flexibility index (Phi) is 9.59. The van der Waals surface area contributed by atoms with E-state index in [0.29, 0.717) is 0 Å². The van der Waals surface area contributed by atoms with Crippen molar-refractivity contribution in [2.24, 2.45) is 0 Å². The van der Waals surface area contributed by atoms with E-state index in [2.05, 4.69) is 95.8 Å². The Labute approximate surface area is 291 Å². The van der Waals surface area contributed by atoms with Gasteiger partial charge in [-0.05, 0) is 113 Å². The number of aromatic hydroxyl groups is 2. The zero-order valence-corrected chi connectivity index (χ0v) is 29.7. The van der Waals surface area contributed by atoms with Crippen LogP contribution in [0.2, 0.25) is 0 Å². The molecule has 0 aromatic heterocycles. The van der Waals surface area contributed by atoms with Crippen molar-refractivity contribution < 1.29 is 19.7 Å². The van der Waals surface area contributed by atoms with Gasteiger partial charge in [-0.3, -0.25) is 0 Å². The maximum atomic E-state index is 9.77. The lowest BCUT2D eigenvalue weighted by atomic mass is 9.94. The molecule has 0 fully saturated rings.